The molecule has 1 aliphatic carbocycles. The van der Waals surface area contributed by atoms with Crippen LogP contribution in [-0.2, 0) is 23.7 Å². The van der Waals surface area contributed by atoms with Crippen LogP contribution in [0.2, 0.25) is 0 Å². The summed E-state index contributed by atoms with van der Waals surface area (Å²) in [5.41, 5.74) is 6.69. The normalized spacial score (nSPS) is 20.9. The molecule has 56 heavy (non-hydrogen) atoms. The first-order chi connectivity index (χ1) is 26.8. The summed E-state index contributed by atoms with van der Waals surface area (Å²) in [7, 11) is 0. The number of ether oxygens (including phenoxy) is 2. The second-order valence-electron chi connectivity index (χ2n) is 18.6. The van der Waals surface area contributed by atoms with E-state index in [-0.39, 0.29) is 27.8 Å². The summed E-state index contributed by atoms with van der Waals surface area (Å²) in [4.78, 5) is 25.6. The maximum absolute atomic E-state index is 12.9. The zero-order chi connectivity index (χ0) is 39.5. The first-order valence-electron chi connectivity index (χ1n) is 20.9. The molecule has 4 heteroatoms. The van der Waals surface area contributed by atoms with E-state index in [2.05, 4.69) is 120 Å². The molecule has 0 radical (unpaired) electrons. The van der Waals surface area contributed by atoms with Crippen molar-refractivity contribution in [3.05, 3.63) is 143 Å². The molecule has 2 unspecified atom stereocenters. The molecule has 2 heterocycles. The predicted molar refractivity (Wildman–Crippen MR) is 229 cm³/mol. The predicted octanol–water partition coefficient (Wildman–Crippen LogP) is 12.7. The van der Waals surface area contributed by atoms with E-state index >= 15 is 0 Å². The van der Waals surface area contributed by atoms with E-state index in [1.807, 2.05) is 30.3 Å². The summed E-state index contributed by atoms with van der Waals surface area (Å²) in [6.07, 6.45) is 9.41. The van der Waals surface area contributed by atoms with Gasteiger partial charge in [0.15, 0.2) is 11.6 Å². The highest BCUT2D eigenvalue weighted by molar-refractivity contribution is 5.97. The van der Waals surface area contributed by atoms with Crippen molar-refractivity contribution in [1.82, 2.24) is 0 Å². The lowest BCUT2D eigenvalue weighted by Gasteiger charge is -2.26. The minimum atomic E-state index is -0.0790. The maximum Gasteiger partial charge on any atom is 0.163 e. The van der Waals surface area contributed by atoms with Gasteiger partial charge < -0.3 is 9.47 Å². The lowest BCUT2D eigenvalue weighted by Crippen LogP contribution is -2.26. The number of hydrogen-bond acceptors (Lipinski definition) is 4. The van der Waals surface area contributed by atoms with Gasteiger partial charge in [-0.3, -0.25) is 9.59 Å². The van der Waals surface area contributed by atoms with Crippen LogP contribution in [0.5, 0.6) is 11.5 Å². The molecule has 4 nitrogen and oxygen atoms in total. The van der Waals surface area contributed by atoms with Gasteiger partial charge in [-0.25, -0.2) is 0 Å². The van der Waals surface area contributed by atoms with E-state index in [9.17, 15) is 9.59 Å². The van der Waals surface area contributed by atoms with E-state index in [0.29, 0.717) is 37.9 Å². The van der Waals surface area contributed by atoms with E-state index < -0.39 is 0 Å². The molecule has 0 bridgehead atoms. The van der Waals surface area contributed by atoms with Crippen molar-refractivity contribution in [1.29, 1.82) is 0 Å². The number of fused-ring (bicyclic) bond motifs is 3. The van der Waals surface area contributed by atoms with Gasteiger partial charge in [0.2, 0.25) is 0 Å². The number of benzene rings is 5. The molecule has 292 valence electrons. The summed E-state index contributed by atoms with van der Waals surface area (Å²) >= 11 is 0. The zero-order valence-electron chi connectivity index (χ0n) is 34.5. The van der Waals surface area contributed by atoms with Crippen LogP contribution in [0.1, 0.15) is 129 Å². The second kappa shape index (κ2) is 16.4. The maximum atomic E-state index is 12.9. The first kappa shape index (κ1) is 39.5. The van der Waals surface area contributed by atoms with Gasteiger partial charge in [-0.2, -0.15) is 0 Å². The van der Waals surface area contributed by atoms with Crippen molar-refractivity contribution in [2.45, 2.75) is 110 Å². The smallest absolute Gasteiger partial charge is 0.163 e. The highest BCUT2D eigenvalue weighted by atomic mass is 16.5. The molecule has 3 atom stereocenters. The molecule has 1 saturated carbocycles. The lowest BCUT2D eigenvalue weighted by molar-refractivity contribution is 0.0924. The molecule has 1 fully saturated rings. The van der Waals surface area contributed by atoms with Crippen LogP contribution in [0, 0.1) is 17.3 Å². The van der Waals surface area contributed by atoms with Crippen LogP contribution < -0.4 is 9.47 Å². The molecular weight excluding hydrogens is 689 g/mol. The number of carbonyl (C=O) groups is 2. The van der Waals surface area contributed by atoms with Gasteiger partial charge in [-0.05, 0) is 64.1 Å². The van der Waals surface area contributed by atoms with Gasteiger partial charge in [0, 0.05) is 45.9 Å². The van der Waals surface area contributed by atoms with Crippen LogP contribution >= 0.6 is 0 Å². The molecule has 5 aromatic rings. The number of rotatable bonds is 10. The van der Waals surface area contributed by atoms with Crippen molar-refractivity contribution in [2.75, 3.05) is 13.2 Å². The van der Waals surface area contributed by atoms with Gasteiger partial charge in [-0.15, -0.1) is 0 Å². The van der Waals surface area contributed by atoms with Crippen molar-refractivity contribution in [3.8, 4) is 11.5 Å². The third kappa shape index (κ3) is 8.80. The Morgan fingerprint density at radius 2 is 1.25 bits per heavy atom. The molecule has 3 aliphatic rings. The van der Waals surface area contributed by atoms with Gasteiger partial charge in [-0.1, -0.05) is 171 Å². The summed E-state index contributed by atoms with van der Waals surface area (Å²) in [5.74, 6) is 3.15. The third-order valence-electron chi connectivity index (χ3n) is 13.1. The Morgan fingerprint density at radius 3 is 1.89 bits per heavy atom. The van der Waals surface area contributed by atoms with Crippen LogP contribution in [0.4, 0.5) is 0 Å². The molecule has 8 rings (SSSR count). The van der Waals surface area contributed by atoms with Gasteiger partial charge >= 0.3 is 0 Å². The Bertz CT molecular complexity index is 2170. The topological polar surface area (TPSA) is 52.6 Å². The van der Waals surface area contributed by atoms with E-state index in [0.717, 1.165) is 35.5 Å². The largest absolute Gasteiger partial charge is 0.492 e. The summed E-state index contributed by atoms with van der Waals surface area (Å²) in [6.45, 7) is 14.6. The third-order valence-corrected chi connectivity index (χ3v) is 13.1. The number of carbonyl (C=O) groups excluding carboxylic acids is 2. The standard InChI is InChI=1S/C28H30O2.C24H30O2/c1-28(18-23-12-7-11-21-10-5-6-13-24(21)23)19-30-27-17-22(14-15-25(27)28)26(29)16-20-8-3-2-4-9-20;1-17(23(2,3)4)13-21(25)19-11-12-20-22(14-19)26-16-24(20,5)15-18-9-7-6-8-10-18/h5-7,10-15,17,20H,2-4,8-9,16,18-19H2,1H3;6-12,14,17H,13,15-16H2,1-5H3/t;17-,24?/m.0/s1. The Labute approximate surface area is 335 Å². The van der Waals surface area contributed by atoms with Gasteiger partial charge in [0.1, 0.15) is 11.5 Å². The number of hydrogen-bond donors (Lipinski definition) is 0. The lowest BCUT2D eigenvalue weighted by atomic mass is 9.77. The molecule has 2 aliphatic heterocycles. The van der Waals surface area contributed by atoms with Crippen molar-refractivity contribution < 1.29 is 19.1 Å². The minimum Gasteiger partial charge on any atom is -0.492 e. The van der Waals surface area contributed by atoms with Gasteiger partial charge in [0.25, 0.3) is 0 Å². The number of Topliss-reactive ketones (excluding diaryl/α,β-unsaturated/α-hetero) is 2. The van der Waals surface area contributed by atoms with Crippen LogP contribution in [0.3, 0.4) is 0 Å². The van der Waals surface area contributed by atoms with Crippen LogP contribution in [0.25, 0.3) is 10.8 Å². The Kier molecular flexibility index (Phi) is 11.6. The van der Waals surface area contributed by atoms with Crippen molar-refractivity contribution >= 4 is 22.3 Å². The zero-order valence-corrected chi connectivity index (χ0v) is 34.5. The van der Waals surface area contributed by atoms with Gasteiger partial charge in [0.05, 0.1) is 13.2 Å². The molecule has 0 spiro atoms. The van der Waals surface area contributed by atoms with Crippen LogP contribution in [-0.4, -0.2) is 24.8 Å². The van der Waals surface area contributed by atoms with Crippen molar-refractivity contribution in [2.24, 2.45) is 17.3 Å². The fourth-order valence-electron chi connectivity index (χ4n) is 8.94. The fraction of sp³-hybridized carbons (Fsp3) is 0.423. The Hall–Kier alpha value is -4.70. The quantitative estimate of drug-likeness (QED) is 0.133. The first-order valence-corrected chi connectivity index (χ1v) is 20.9. The Balaban J connectivity index is 0.000000174. The van der Waals surface area contributed by atoms with E-state index in [4.69, 9.17) is 9.47 Å². The van der Waals surface area contributed by atoms with Crippen molar-refractivity contribution in [3.63, 3.8) is 0 Å². The summed E-state index contributed by atoms with van der Waals surface area (Å²) in [6, 6.07) is 37.8. The molecule has 0 saturated heterocycles. The molecule has 5 aromatic carbocycles. The van der Waals surface area contributed by atoms with E-state index in [1.165, 1.54) is 65.1 Å². The second-order valence-corrected chi connectivity index (χ2v) is 18.6. The fourth-order valence-corrected chi connectivity index (χ4v) is 8.94. The van der Waals surface area contributed by atoms with E-state index in [1.54, 1.807) is 0 Å². The minimum absolute atomic E-state index is 0.0447. The summed E-state index contributed by atoms with van der Waals surface area (Å²) in [5, 5.41) is 2.59. The monoisotopic (exact) mass is 748 g/mol. The molecule has 0 aromatic heterocycles. The molecule has 0 N–H and O–H groups in total. The molecule has 0 amide bonds. The Morgan fingerprint density at radius 1 is 0.679 bits per heavy atom. The SMILES string of the molecule is CC1(Cc2cccc3ccccc23)COc2cc(C(=O)CC3CCCCC3)ccc21.C[C@@H](CC(=O)c1ccc2c(c1)OCC2(C)Cc1ccccc1)C(C)(C)C. The number of ketones is 2. The highest BCUT2D eigenvalue weighted by Crippen LogP contribution is 2.44. The average molecular weight is 749 g/mol. The highest BCUT2D eigenvalue weighted by Gasteiger charge is 2.38. The van der Waals surface area contributed by atoms with Crippen LogP contribution in [0.15, 0.2) is 109 Å². The average Bonchev–Trinajstić information content (AvgIpc) is 3.70. The summed E-state index contributed by atoms with van der Waals surface area (Å²) < 4.78 is 12.1. The molecular formula is C52H60O4.